The minimum atomic E-state index is 0.357. The van der Waals surface area contributed by atoms with Crippen LogP contribution in [0.1, 0.15) is 18.2 Å². The van der Waals surface area contributed by atoms with Crippen molar-refractivity contribution in [2.24, 2.45) is 5.73 Å². The SMILES string of the molecule is Cc1cc(N(C)C(C)CN)c(C)cn1. The van der Waals surface area contributed by atoms with Crippen LogP contribution in [0, 0.1) is 13.8 Å². The van der Waals surface area contributed by atoms with E-state index in [1.54, 1.807) is 0 Å². The molecule has 1 atom stereocenters. The van der Waals surface area contributed by atoms with Gasteiger partial charge in [-0.15, -0.1) is 0 Å². The molecule has 0 fully saturated rings. The predicted octanol–water partition coefficient (Wildman–Crippen LogP) is 1.48. The number of rotatable bonds is 3. The van der Waals surface area contributed by atoms with Gasteiger partial charge in [-0.05, 0) is 32.4 Å². The maximum absolute atomic E-state index is 5.64. The average molecular weight is 193 g/mol. The molecule has 1 aromatic heterocycles. The molecular formula is C11H19N3. The van der Waals surface area contributed by atoms with Crippen LogP contribution < -0.4 is 10.6 Å². The fourth-order valence-electron chi connectivity index (χ4n) is 1.39. The van der Waals surface area contributed by atoms with Crippen molar-refractivity contribution in [3.05, 3.63) is 23.5 Å². The van der Waals surface area contributed by atoms with E-state index < -0.39 is 0 Å². The average Bonchev–Trinajstić information content (AvgIpc) is 2.19. The highest BCUT2D eigenvalue weighted by Crippen LogP contribution is 2.20. The summed E-state index contributed by atoms with van der Waals surface area (Å²) in [6.45, 7) is 6.86. The fraction of sp³-hybridized carbons (Fsp3) is 0.545. The van der Waals surface area contributed by atoms with E-state index >= 15 is 0 Å². The first-order valence-corrected chi connectivity index (χ1v) is 4.92. The molecule has 1 aromatic rings. The molecule has 0 aliphatic heterocycles. The van der Waals surface area contributed by atoms with Crippen molar-refractivity contribution in [1.82, 2.24) is 4.98 Å². The topological polar surface area (TPSA) is 42.1 Å². The van der Waals surface area contributed by atoms with Crippen LogP contribution in [-0.4, -0.2) is 24.6 Å². The Morgan fingerprint density at radius 1 is 1.50 bits per heavy atom. The van der Waals surface area contributed by atoms with E-state index in [0.717, 1.165) is 5.69 Å². The van der Waals surface area contributed by atoms with Crippen LogP contribution in [0.3, 0.4) is 0 Å². The summed E-state index contributed by atoms with van der Waals surface area (Å²) < 4.78 is 0. The zero-order chi connectivity index (χ0) is 10.7. The van der Waals surface area contributed by atoms with Crippen molar-refractivity contribution >= 4 is 5.69 Å². The predicted molar refractivity (Wildman–Crippen MR) is 60.6 cm³/mol. The van der Waals surface area contributed by atoms with Gasteiger partial charge in [0.2, 0.25) is 0 Å². The summed E-state index contributed by atoms with van der Waals surface area (Å²) in [4.78, 5) is 6.45. The van der Waals surface area contributed by atoms with Crippen LogP contribution in [0.5, 0.6) is 0 Å². The maximum atomic E-state index is 5.64. The molecule has 78 valence electrons. The molecule has 0 radical (unpaired) electrons. The molecule has 0 aliphatic carbocycles. The lowest BCUT2D eigenvalue weighted by Crippen LogP contribution is -2.35. The molecule has 1 rings (SSSR count). The number of likely N-dealkylation sites (N-methyl/N-ethyl adjacent to an activating group) is 1. The largest absolute Gasteiger partial charge is 0.370 e. The summed E-state index contributed by atoms with van der Waals surface area (Å²) in [5.41, 5.74) is 9.10. The van der Waals surface area contributed by atoms with Gasteiger partial charge in [0.15, 0.2) is 0 Å². The van der Waals surface area contributed by atoms with Crippen molar-refractivity contribution in [2.75, 3.05) is 18.5 Å². The van der Waals surface area contributed by atoms with Crippen LogP contribution in [0.4, 0.5) is 5.69 Å². The van der Waals surface area contributed by atoms with Gasteiger partial charge in [-0.25, -0.2) is 0 Å². The van der Waals surface area contributed by atoms with Crippen LogP contribution in [0.15, 0.2) is 12.3 Å². The minimum Gasteiger partial charge on any atom is -0.370 e. The zero-order valence-electron chi connectivity index (χ0n) is 9.41. The Morgan fingerprint density at radius 2 is 2.14 bits per heavy atom. The third-order valence-corrected chi connectivity index (χ3v) is 2.59. The Kier molecular flexibility index (Phi) is 3.47. The number of anilines is 1. The van der Waals surface area contributed by atoms with Crippen molar-refractivity contribution in [3.8, 4) is 0 Å². The third-order valence-electron chi connectivity index (χ3n) is 2.59. The first kappa shape index (κ1) is 11.0. The second-order valence-electron chi connectivity index (χ2n) is 3.81. The molecule has 0 aliphatic rings. The molecule has 3 heteroatoms. The first-order valence-electron chi connectivity index (χ1n) is 4.92. The molecule has 0 saturated carbocycles. The first-order chi connectivity index (χ1) is 6.56. The van der Waals surface area contributed by atoms with Crippen molar-refractivity contribution < 1.29 is 0 Å². The van der Waals surface area contributed by atoms with Gasteiger partial charge in [0.1, 0.15) is 0 Å². The fourth-order valence-corrected chi connectivity index (χ4v) is 1.39. The van der Waals surface area contributed by atoms with E-state index in [4.69, 9.17) is 5.73 Å². The maximum Gasteiger partial charge on any atom is 0.0429 e. The minimum absolute atomic E-state index is 0.357. The highest BCUT2D eigenvalue weighted by atomic mass is 15.1. The molecule has 2 N–H and O–H groups in total. The molecule has 0 aromatic carbocycles. The molecule has 0 bridgehead atoms. The Labute approximate surface area is 85.9 Å². The van der Waals surface area contributed by atoms with E-state index in [0.29, 0.717) is 12.6 Å². The van der Waals surface area contributed by atoms with E-state index in [2.05, 4.69) is 36.8 Å². The van der Waals surface area contributed by atoms with Crippen LogP contribution in [-0.2, 0) is 0 Å². The van der Waals surface area contributed by atoms with E-state index in [9.17, 15) is 0 Å². The number of nitrogens with zero attached hydrogens (tertiary/aromatic N) is 2. The Bertz CT molecular complexity index is 309. The van der Waals surface area contributed by atoms with Gasteiger partial charge >= 0.3 is 0 Å². The van der Waals surface area contributed by atoms with Crippen molar-refractivity contribution in [1.29, 1.82) is 0 Å². The van der Waals surface area contributed by atoms with E-state index in [-0.39, 0.29) is 0 Å². The van der Waals surface area contributed by atoms with Crippen molar-refractivity contribution in [3.63, 3.8) is 0 Å². The summed E-state index contributed by atoms with van der Waals surface area (Å²) in [6.07, 6.45) is 1.91. The second kappa shape index (κ2) is 4.42. The van der Waals surface area contributed by atoms with Gasteiger partial charge in [0.25, 0.3) is 0 Å². The third kappa shape index (κ3) is 2.23. The molecule has 3 nitrogen and oxygen atoms in total. The number of hydrogen-bond acceptors (Lipinski definition) is 3. The lowest BCUT2D eigenvalue weighted by Gasteiger charge is -2.27. The quantitative estimate of drug-likeness (QED) is 0.790. The Morgan fingerprint density at radius 3 is 2.71 bits per heavy atom. The molecule has 14 heavy (non-hydrogen) atoms. The van der Waals surface area contributed by atoms with Gasteiger partial charge in [-0.1, -0.05) is 0 Å². The van der Waals surface area contributed by atoms with E-state index in [1.165, 1.54) is 11.3 Å². The summed E-state index contributed by atoms with van der Waals surface area (Å²) in [5.74, 6) is 0. The normalized spacial score (nSPS) is 12.6. The highest BCUT2D eigenvalue weighted by Gasteiger charge is 2.10. The van der Waals surface area contributed by atoms with Crippen LogP contribution in [0.25, 0.3) is 0 Å². The lowest BCUT2D eigenvalue weighted by molar-refractivity contribution is 0.693. The number of pyridine rings is 1. The molecule has 0 saturated heterocycles. The van der Waals surface area contributed by atoms with Gasteiger partial charge in [-0.2, -0.15) is 0 Å². The van der Waals surface area contributed by atoms with Gasteiger partial charge in [-0.3, -0.25) is 4.98 Å². The molecule has 1 heterocycles. The van der Waals surface area contributed by atoms with Gasteiger partial charge in [0.05, 0.1) is 0 Å². The summed E-state index contributed by atoms with van der Waals surface area (Å²) >= 11 is 0. The molecule has 0 amide bonds. The monoisotopic (exact) mass is 193 g/mol. The number of aryl methyl sites for hydroxylation is 2. The zero-order valence-corrected chi connectivity index (χ0v) is 9.41. The van der Waals surface area contributed by atoms with Crippen molar-refractivity contribution in [2.45, 2.75) is 26.8 Å². The van der Waals surface area contributed by atoms with Gasteiger partial charge in [0, 0.05) is 37.2 Å². The molecular weight excluding hydrogens is 174 g/mol. The van der Waals surface area contributed by atoms with E-state index in [1.807, 2.05) is 13.1 Å². The summed E-state index contributed by atoms with van der Waals surface area (Å²) in [5, 5.41) is 0. The Hall–Kier alpha value is -1.09. The summed E-state index contributed by atoms with van der Waals surface area (Å²) in [6, 6.07) is 2.46. The number of aromatic nitrogens is 1. The highest BCUT2D eigenvalue weighted by molar-refractivity contribution is 5.53. The smallest absolute Gasteiger partial charge is 0.0429 e. The summed E-state index contributed by atoms with van der Waals surface area (Å²) in [7, 11) is 2.07. The van der Waals surface area contributed by atoms with Crippen LogP contribution >= 0.6 is 0 Å². The second-order valence-corrected chi connectivity index (χ2v) is 3.81. The lowest BCUT2D eigenvalue weighted by atomic mass is 10.2. The Balaban J connectivity index is 2.99. The van der Waals surface area contributed by atoms with Crippen LogP contribution in [0.2, 0.25) is 0 Å². The molecule has 0 spiro atoms. The number of nitrogens with two attached hydrogens (primary N) is 1. The molecule has 1 unspecified atom stereocenters. The number of hydrogen-bond donors (Lipinski definition) is 1. The van der Waals surface area contributed by atoms with Gasteiger partial charge < -0.3 is 10.6 Å². The standard InChI is InChI=1S/C11H19N3/c1-8-7-13-9(2)5-11(8)14(4)10(3)6-12/h5,7,10H,6,12H2,1-4H3.